The molecule has 0 spiro atoms. The number of alkyl halides is 3. The van der Waals surface area contributed by atoms with Crippen molar-refractivity contribution in [3.05, 3.63) is 70.7 Å². The van der Waals surface area contributed by atoms with Crippen molar-refractivity contribution in [1.29, 1.82) is 0 Å². The van der Waals surface area contributed by atoms with Crippen LogP contribution in [0.3, 0.4) is 0 Å². The lowest BCUT2D eigenvalue weighted by Gasteiger charge is -2.26. The van der Waals surface area contributed by atoms with Gasteiger partial charge in [0.1, 0.15) is 11.4 Å². The molecule has 0 N–H and O–H groups in total. The first-order valence-corrected chi connectivity index (χ1v) is 8.43. The van der Waals surface area contributed by atoms with Gasteiger partial charge in [0.15, 0.2) is 0 Å². The van der Waals surface area contributed by atoms with Crippen molar-refractivity contribution in [1.82, 2.24) is 0 Å². The highest BCUT2D eigenvalue weighted by atomic mass is 79.9. The molecule has 29 heavy (non-hydrogen) atoms. The molecule has 0 fully saturated rings. The minimum atomic E-state index is -5.20. The number of anilines is 2. The smallest absolute Gasteiger partial charge is 0.330 e. The van der Waals surface area contributed by atoms with E-state index in [1.54, 1.807) is 0 Å². The van der Waals surface area contributed by atoms with Gasteiger partial charge in [-0.25, -0.2) is 0 Å². The highest BCUT2D eigenvalue weighted by molar-refractivity contribution is 9.10. The van der Waals surface area contributed by atoms with Gasteiger partial charge in [-0.05, 0) is 19.1 Å². The maximum absolute atomic E-state index is 13.7. The molecule has 0 aliphatic rings. The topological polar surface area (TPSA) is 133 Å². The zero-order valence-electron chi connectivity index (χ0n) is 14.3. The molecule has 0 bridgehead atoms. The van der Waals surface area contributed by atoms with E-state index < -0.39 is 49.3 Å². The van der Waals surface area contributed by atoms with Crippen molar-refractivity contribution in [2.24, 2.45) is 0 Å². The Morgan fingerprint density at radius 1 is 0.966 bits per heavy atom. The number of hydrogen-bond donors (Lipinski definition) is 0. The van der Waals surface area contributed by atoms with Crippen LogP contribution in [0.5, 0.6) is 0 Å². The number of nitro groups is 3. The number of halogens is 4. The Morgan fingerprint density at radius 3 is 2.00 bits per heavy atom. The molecule has 0 radical (unpaired) electrons. The molecule has 0 heterocycles. The normalized spacial score (nSPS) is 11.2. The maximum Gasteiger partial charge on any atom is 0.418 e. The van der Waals surface area contributed by atoms with Crippen molar-refractivity contribution in [2.75, 3.05) is 11.4 Å². The number of nitrogens with zero attached hydrogens (tertiary/aromatic N) is 4. The Kier molecular flexibility index (Phi) is 6.06. The quantitative estimate of drug-likeness (QED) is 0.403. The molecule has 2 rings (SSSR count). The van der Waals surface area contributed by atoms with Crippen LogP contribution in [0, 0.1) is 30.3 Å². The lowest BCUT2D eigenvalue weighted by atomic mass is 10.1. The zero-order chi connectivity index (χ0) is 22.1. The summed E-state index contributed by atoms with van der Waals surface area (Å²) in [5.74, 6) is 0. The molecule has 0 amide bonds. The third kappa shape index (κ3) is 4.42. The lowest BCUT2D eigenvalue weighted by molar-refractivity contribution is -0.394. The molecule has 0 saturated carbocycles. The fourth-order valence-corrected chi connectivity index (χ4v) is 3.02. The number of benzene rings is 2. The van der Waals surface area contributed by atoms with Crippen LogP contribution in [-0.4, -0.2) is 21.3 Å². The van der Waals surface area contributed by atoms with E-state index in [0.717, 1.165) is 17.0 Å². The molecule has 0 saturated heterocycles. The van der Waals surface area contributed by atoms with E-state index in [-0.39, 0.29) is 22.8 Å². The van der Waals surface area contributed by atoms with Crippen LogP contribution < -0.4 is 4.90 Å². The van der Waals surface area contributed by atoms with Gasteiger partial charge < -0.3 is 4.90 Å². The molecule has 0 atom stereocenters. The van der Waals surface area contributed by atoms with Crippen LogP contribution in [0.25, 0.3) is 0 Å². The summed E-state index contributed by atoms with van der Waals surface area (Å²) in [7, 11) is 0. The Hall–Kier alpha value is -3.29. The summed E-state index contributed by atoms with van der Waals surface area (Å²) in [6.07, 6.45) is -5.20. The molecule has 154 valence electrons. The summed E-state index contributed by atoms with van der Waals surface area (Å²) in [5.41, 5.74) is -5.97. The van der Waals surface area contributed by atoms with Crippen LogP contribution in [0.2, 0.25) is 0 Å². The second-order valence-electron chi connectivity index (χ2n) is 5.51. The van der Waals surface area contributed by atoms with Crippen LogP contribution >= 0.6 is 15.9 Å². The van der Waals surface area contributed by atoms with Crippen molar-refractivity contribution < 1.29 is 27.9 Å². The third-order valence-electron chi connectivity index (χ3n) is 3.80. The molecule has 0 aliphatic heterocycles. The summed E-state index contributed by atoms with van der Waals surface area (Å²) < 4.78 is 41.2. The first kappa shape index (κ1) is 22.0. The van der Waals surface area contributed by atoms with Gasteiger partial charge in [-0.2, -0.15) is 13.2 Å². The SMILES string of the molecule is CCN(c1ccc(Br)cc1[N+](=O)[O-])c1c([N+](=O)[O-])cc([N+](=O)[O-])cc1C(F)(F)F. The van der Waals surface area contributed by atoms with Crippen molar-refractivity contribution in [2.45, 2.75) is 13.1 Å². The first-order chi connectivity index (χ1) is 13.4. The predicted molar refractivity (Wildman–Crippen MR) is 98.2 cm³/mol. The van der Waals surface area contributed by atoms with Gasteiger partial charge in [-0.15, -0.1) is 0 Å². The molecule has 0 aromatic heterocycles. The second kappa shape index (κ2) is 7.98. The average molecular weight is 479 g/mol. The molecule has 10 nitrogen and oxygen atoms in total. The van der Waals surface area contributed by atoms with Gasteiger partial charge in [0, 0.05) is 23.2 Å². The fourth-order valence-electron chi connectivity index (χ4n) is 2.67. The van der Waals surface area contributed by atoms with E-state index >= 15 is 0 Å². The number of non-ortho nitro benzene ring substituents is 1. The third-order valence-corrected chi connectivity index (χ3v) is 4.29. The predicted octanol–water partition coefficient (Wildman–Crippen LogP) is 5.35. The van der Waals surface area contributed by atoms with E-state index in [2.05, 4.69) is 15.9 Å². The number of hydrogen-bond acceptors (Lipinski definition) is 7. The van der Waals surface area contributed by atoms with E-state index in [4.69, 9.17) is 0 Å². The Bertz CT molecular complexity index is 1010. The van der Waals surface area contributed by atoms with Crippen molar-refractivity contribution >= 4 is 44.4 Å². The minimum Gasteiger partial charge on any atom is -0.330 e. The number of rotatable bonds is 6. The van der Waals surface area contributed by atoms with Gasteiger partial charge in [-0.3, -0.25) is 30.3 Å². The number of nitro benzene ring substituents is 3. The summed E-state index contributed by atoms with van der Waals surface area (Å²) in [6.45, 7) is 1.00. The van der Waals surface area contributed by atoms with Crippen LogP contribution in [0.1, 0.15) is 12.5 Å². The van der Waals surface area contributed by atoms with E-state index in [0.29, 0.717) is 6.07 Å². The Labute approximate surface area is 168 Å². The van der Waals surface area contributed by atoms with Gasteiger partial charge in [0.2, 0.25) is 0 Å². The zero-order valence-corrected chi connectivity index (χ0v) is 15.9. The highest BCUT2D eigenvalue weighted by Gasteiger charge is 2.42. The molecule has 0 unspecified atom stereocenters. The molecule has 14 heteroatoms. The fraction of sp³-hybridized carbons (Fsp3) is 0.200. The largest absolute Gasteiger partial charge is 0.418 e. The summed E-state index contributed by atoms with van der Waals surface area (Å²) >= 11 is 3.02. The highest BCUT2D eigenvalue weighted by Crippen LogP contribution is 2.48. The van der Waals surface area contributed by atoms with Gasteiger partial charge in [-0.1, -0.05) is 15.9 Å². The van der Waals surface area contributed by atoms with Crippen LogP contribution in [0.15, 0.2) is 34.8 Å². The second-order valence-corrected chi connectivity index (χ2v) is 6.42. The van der Waals surface area contributed by atoms with Crippen molar-refractivity contribution in [3.63, 3.8) is 0 Å². The average Bonchev–Trinajstić information content (AvgIpc) is 2.61. The minimum absolute atomic E-state index is 0.162. The van der Waals surface area contributed by atoms with E-state index in [9.17, 15) is 43.5 Å². The Morgan fingerprint density at radius 2 is 1.55 bits per heavy atom. The molecule has 2 aromatic carbocycles. The lowest BCUT2D eigenvalue weighted by Crippen LogP contribution is -2.23. The first-order valence-electron chi connectivity index (χ1n) is 7.64. The molecular formula is C15H10BrF3N4O6. The van der Waals surface area contributed by atoms with E-state index in [1.165, 1.54) is 13.0 Å². The summed E-state index contributed by atoms with van der Waals surface area (Å²) in [4.78, 5) is 31.3. The Balaban J connectivity index is 2.95. The monoisotopic (exact) mass is 478 g/mol. The van der Waals surface area contributed by atoms with Gasteiger partial charge in [0.05, 0.1) is 26.4 Å². The van der Waals surface area contributed by atoms with Crippen LogP contribution in [0.4, 0.5) is 41.6 Å². The van der Waals surface area contributed by atoms with Gasteiger partial charge in [0.25, 0.3) is 17.1 Å². The van der Waals surface area contributed by atoms with E-state index in [1.807, 2.05) is 0 Å². The van der Waals surface area contributed by atoms with Gasteiger partial charge >= 0.3 is 6.18 Å². The van der Waals surface area contributed by atoms with Crippen LogP contribution in [-0.2, 0) is 6.18 Å². The molecular weight excluding hydrogens is 469 g/mol. The summed E-state index contributed by atoms with van der Waals surface area (Å²) in [5, 5.41) is 33.8. The summed E-state index contributed by atoms with van der Waals surface area (Å²) in [6, 6.07) is 4.02. The maximum atomic E-state index is 13.7. The standard InChI is InChI=1S/C15H10BrF3N4O6/c1-2-20(11-4-3-8(16)5-12(11)22(26)27)14-10(15(17,18)19)6-9(21(24)25)7-13(14)23(28)29/h3-7H,2H2,1H3. The van der Waals surface area contributed by atoms with Crippen molar-refractivity contribution in [3.8, 4) is 0 Å². The molecule has 2 aromatic rings. The molecule has 0 aliphatic carbocycles.